The van der Waals surface area contributed by atoms with Crippen molar-refractivity contribution in [3.8, 4) is 0 Å². The highest BCUT2D eigenvalue weighted by Crippen LogP contribution is 2.07. The van der Waals surface area contributed by atoms with Gasteiger partial charge in [0, 0.05) is 24.4 Å². The second kappa shape index (κ2) is 4.95. The van der Waals surface area contributed by atoms with Crippen LogP contribution in [0.3, 0.4) is 0 Å². The van der Waals surface area contributed by atoms with Crippen LogP contribution in [0, 0.1) is 5.92 Å². The Balaban J connectivity index is 3.98. The van der Waals surface area contributed by atoms with E-state index in [4.69, 9.17) is 11.5 Å². The highest BCUT2D eigenvalue weighted by Gasteiger charge is 2.21. The Morgan fingerprint density at radius 1 is 1.36 bits per heavy atom. The summed E-state index contributed by atoms with van der Waals surface area (Å²) in [4.78, 5) is 21.4. The van der Waals surface area contributed by atoms with Crippen LogP contribution in [0.5, 0.6) is 0 Å². The van der Waals surface area contributed by atoms with Gasteiger partial charge in [0.25, 0.3) is 0 Å². The van der Waals surface area contributed by atoms with Crippen molar-refractivity contribution >= 4 is 11.8 Å². The van der Waals surface area contributed by atoms with Crippen molar-refractivity contribution in [3.63, 3.8) is 0 Å². The summed E-state index contributed by atoms with van der Waals surface area (Å²) < 4.78 is 0. The lowest BCUT2D eigenvalue weighted by Crippen LogP contribution is -2.46. The van der Waals surface area contributed by atoms with Crippen LogP contribution in [-0.2, 0) is 9.59 Å². The number of nitrogens with two attached hydrogens (primary N) is 2. The summed E-state index contributed by atoms with van der Waals surface area (Å²) in [7, 11) is 0. The Labute approximate surface area is 84.2 Å². The molecule has 0 aromatic heterocycles. The van der Waals surface area contributed by atoms with E-state index in [-0.39, 0.29) is 24.2 Å². The molecule has 2 amide bonds. The van der Waals surface area contributed by atoms with Crippen molar-refractivity contribution in [1.29, 1.82) is 0 Å². The van der Waals surface area contributed by atoms with Crippen LogP contribution in [0.2, 0.25) is 0 Å². The highest BCUT2D eigenvalue weighted by atomic mass is 16.1. The van der Waals surface area contributed by atoms with Gasteiger partial charge in [-0.25, -0.2) is 0 Å². The summed E-state index contributed by atoms with van der Waals surface area (Å²) in [6, 6.07) is 0. The zero-order valence-electron chi connectivity index (χ0n) is 8.96. The molecule has 0 radical (unpaired) electrons. The Morgan fingerprint density at radius 3 is 2.21 bits per heavy atom. The van der Waals surface area contributed by atoms with Gasteiger partial charge in [-0.05, 0) is 13.8 Å². The zero-order valence-corrected chi connectivity index (χ0v) is 8.96. The molecule has 0 saturated carbocycles. The molecule has 14 heavy (non-hydrogen) atoms. The van der Waals surface area contributed by atoms with Gasteiger partial charge in [-0.15, -0.1) is 0 Å². The number of hydrogen-bond acceptors (Lipinski definition) is 3. The maximum atomic E-state index is 10.7. The largest absolute Gasteiger partial charge is 0.370 e. The molecule has 0 spiro atoms. The molecule has 0 rings (SSSR count). The third-order valence-corrected chi connectivity index (χ3v) is 1.99. The highest BCUT2D eigenvalue weighted by molar-refractivity contribution is 5.76. The number of rotatable bonds is 6. The van der Waals surface area contributed by atoms with Gasteiger partial charge >= 0.3 is 0 Å². The first-order valence-electron chi connectivity index (χ1n) is 4.57. The Morgan fingerprint density at radius 2 is 1.86 bits per heavy atom. The second-order valence-corrected chi connectivity index (χ2v) is 4.21. The van der Waals surface area contributed by atoms with Gasteiger partial charge in [-0.2, -0.15) is 0 Å². The molecule has 5 heteroatoms. The standard InChI is InChI=1S/C9H19N3O2/c1-6(8(11)14)5-12-9(2,3)4-7(10)13/h6,12H,4-5H2,1-3H3,(H2,10,13)(H2,11,14). The van der Waals surface area contributed by atoms with E-state index in [2.05, 4.69) is 5.32 Å². The van der Waals surface area contributed by atoms with Crippen LogP contribution in [0.25, 0.3) is 0 Å². The second-order valence-electron chi connectivity index (χ2n) is 4.21. The van der Waals surface area contributed by atoms with Gasteiger partial charge < -0.3 is 16.8 Å². The third kappa shape index (κ3) is 5.53. The van der Waals surface area contributed by atoms with E-state index in [0.717, 1.165) is 0 Å². The molecule has 0 aliphatic heterocycles. The fourth-order valence-corrected chi connectivity index (χ4v) is 1.03. The topological polar surface area (TPSA) is 98.2 Å². The third-order valence-electron chi connectivity index (χ3n) is 1.99. The van der Waals surface area contributed by atoms with Crippen molar-refractivity contribution < 1.29 is 9.59 Å². The first-order chi connectivity index (χ1) is 6.24. The van der Waals surface area contributed by atoms with Crippen molar-refractivity contribution in [2.24, 2.45) is 17.4 Å². The van der Waals surface area contributed by atoms with E-state index in [9.17, 15) is 9.59 Å². The normalized spacial score (nSPS) is 13.6. The first-order valence-corrected chi connectivity index (χ1v) is 4.57. The molecule has 1 atom stereocenters. The van der Waals surface area contributed by atoms with E-state index in [1.54, 1.807) is 6.92 Å². The summed E-state index contributed by atoms with van der Waals surface area (Å²) in [6.45, 7) is 5.89. The van der Waals surface area contributed by atoms with Crippen LogP contribution in [0.1, 0.15) is 27.2 Å². The van der Waals surface area contributed by atoms with Crippen LogP contribution >= 0.6 is 0 Å². The Bertz CT molecular complexity index is 226. The number of amides is 2. The van der Waals surface area contributed by atoms with Gasteiger partial charge in [-0.1, -0.05) is 6.92 Å². The van der Waals surface area contributed by atoms with E-state index < -0.39 is 5.54 Å². The van der Waals surface area contributed by atoms with Gasteiger partial charge in [0.15, 0.2) is 0 Å². The lowest BCUT2D eigenvalue weighted by Gasteiger charge is -2.26. The molecular formula is C9H19N3O2. The smallest absolute Gasteiger partial charge is 0.221 e. The maximum Gasteiger partial charge on any atom is 0.221 e. The van der Waals surface area contributed by atoms with Gasteiger partial charge in [0.1, 0.15) is 0 Å². The minimum Gasteiger partial charge on any atom is -0.370 e. The number of carbonyl (C=O) groups is 2. The molecule has 0 aromatic rings. The van der Waals surface area contributed by atoms with Crippen LogP contribution in [0.4, 0.5) is 0 Å². The van der Waals surface area contributed by atoms with E-state index in [1.807, 2.05) is 13.8 Å². The molecule has 0 aromatic carbocycles. The monoisotopic (exact) mass is 201 g/mol. The van der Waals surface area contributed by atoms with E-state index >= 15 is 0 Å². The molecule has 5 nitrogen and oxygen atoms in total. The minimum atomic E-state index is -0.393. The molecule has 0 saturated heterocycles. The summed E-state index contributed by atoms with van der Waals surface area (Å²) in [5.74, 6) is -0.969. The average molecular weight is 201 g/mol. The molecule has 82 valence electrons. The predicted molar refractivity (Wildman–Crippen MR) is 54.3 cm³/mol. The number of hydrogen-bond donors (Lipinski definition) is 3. The average Bonchev–Trinajstić information content (AvgIpc) is 1.97. The summed E-state index contributed by atoms with van der Waals surface area (Å²) >= 11 is 0. The number of primary amides is 2. The van der Waals surface area contributed by atoms with E-state index in [1.165, 1.54) is 0 Å². The van der Waals surface area contributed by atoms with Crippen molar-refractivity contribution in [3.05, 3.63) is 0 Å². The summed E-state index contributed by atoms with van der Waals surface area (Å²) in [5.41, 5.74) is 9.78. The van der Waals surface area contributed by atoms with E-state index in [0.29, 0.717) is 6.54 Å². The fraction of sp³-hybridized carbons (Fsp3) is 0.778. The van der Waals surface area contributed by atoms with Crippen LogP contribution < -0.4 is 16.8 Å². The SMILES string of the molecule is CC(CNC(C)(C)CC(N)=O)C(N)=O. The first kappa shape index (κ1) is 12.9. The molecule has 0 fully saturated rings. The van der Waals surface area contributed by atoms with Gasteiger partial charge in [0.05, 0.1) is 0 Å². The molecular weight excluding hydrogens is 182 g/mol. The Hall–Kier alpha value is -1.10. The molecule has 5 N–H and O–H groups in total. The van der Waals surface area contributed by atoms with Crippen molar-refractivity contribution in [2.75, 3.05) is 6.54 Å². The van der Waals surface area contributed by atoms with Crippen LogP contribution in [-0.4, -0.2) is 23.9 Å². The molecule has 0 aliphatic rings. The fourth-order valence-electron chi connectivity index (χ4n) is 1.03. The molecule has 0 heterocycles. The summed E-state index contributed by atoms with van der Waals surface area (Å²) in [6.07, 6.45) is 0.235. The predicted octanol–water partition coefficient (Wildman–Crippen LogP) is -0.649. The zero-order chi connectivity index (χ0) is 11.4. The maximum absolute atomic E-state index is 10.7. The number of nitrogens with one attached hydrogen (secondary N) is 1. The Kier molecular flexibility index (Phi) is 4.56. The van der Waals surface area contributed by atoms with Crippen molar-refractivity contribution in [1.82, 2.24) is 5.32 Å². The number of carbonyl (C=O) groups excluding carboxylic acids is 2. The lowest BCUT2D eigenvalue weighted by atomic mass is 9.99. The molecule has 1 unspecified atom stereocenters. The van der Waals surface area contributed by atoms with Crippen LogP contribution in [0.15, 0.2) is 0 Å². The van der Waals surface area contributed by atoms with Gasteiger partial charge in [0.2, 0.25) is 11.8 Å². The minimum absolute atomic E-state index is 0.235. The lowest BCUT2D eigenvalue weighted by molar-refractivity contribution is -0.121. The van der Waals surface area contributed by atoms with Gasteiger partial charge in [-0.3, -0.25) is 9.59 Å². The molecule has 0 bridgehead atoms. The molecule has 0 aliphatic carbocycles. The summed E-state index contributed by atoms with van der Waals surface area (Å²) in [5, 5.41) is 3.07. The van der Waals surface area contributed by atoms with Crippen molar-refractivity contribution in [2.45, 2.75) is 32.7 Å². The quantitative estimate of drug-likeness (QED) is 0.532.